The van der Waals surface area contributed by atoms with Gasteiger partial charge in [0.2, 0.25) is 5.96 Å². The Morgan fingerprint density at radius 2 is 2.05 bits per heavy atom. The van der Waals surface area contributed by atoms with Crippen molar-refractivity contribution in [3.8, 4) is 0 Å². The van der Waals surface area contributed by atoms with Crippen LogP contribution < -0.4 is 10.9 Å². The van der Waals surface area contributed by atoms with Gasteiger partial charge in [0.15, 0.2) is 0 Å². The summed E-state index contributed by atoms with van der Waals surface area (Å²) < 4.78 is 0. The lowest BCUT2D eigenvalue weighted by Crippen LogP contribution is -2.30. The van der Waals surface area contributed by atoms with E-state index < -0.39 is 27.2 Å². The number of hydrogen-bond acceptors (Lipinski definition) is 7. The second-order valence-electron chi connectivity index (χ2n) is 3.09. The van der Waals surface area contributed by atoms with Crippen LogP contribution in [-0.2, 0) is 0 Å². The van der Waals surface area contributed by atoms with Crippen LogP contribution in [0.1, 0.15) is 5.56 Å². The van der Waals surface area contributed by atoms with Gasteiger partial charge in [-0.25, -0.2) is 10.9 Å². The molecule has 11 heteroatoms. The first-order chi connectivity index (χ1) is 8.97. The van der Waals surface area contributed by atoms with Gasteiger partial charge in [-0.1, -0.05) is 6.07 Å². The third kappa shape index (κ3) is 3.44. The number of benzene rings is 1. The quantitative estimate of drug-likeness (QED) is 0.264. The second kappa shape index (κ2) is 6.02. The highest BCUT2D eigenvalue weighted by Crippen LogP contribution is 2.29. The molecule has 0 atom stereocenters. The maximum atomic E-state index is 10.8. The van der Waals surface area contributed by atoms with Crippen molar-refractivity contribution in [2.45, 2.75) is 0 Å². The zero-order valence-electron chi connectivity index (χ0n) is 9.23. The molecule has 0 unspecified atom stereocenters. The standard InChI is InChI=1S/C8H8N6O5/c9-8(12-15)11-10-4-5-2-1-3-6(13(16)17)7(5)14(18)19/h1-4,15H,(H3,9,11,12). The third-order valence-corrected chi connectivity index (χ3v) is 1.92. The molecule has 0 fully saturated rings. The number of guanidine groups is 1. The average molecular weight is 268 g/mol. The van der Waals surface area contributed by atoms with Crippen LogP contribution >= 0.6 is 0 Å². The summed E-state index contributed by atoms with van der Waals surface area (Å²) in [7, 11) is 0. The fraction of sp³-hybridized carbons (Fsp3) is 0. The number of hydroxylamine groups is 1. The Morgan fingerprint density at radius 1 is 1.37 bits per heavy atom. The zero-order valence-corrected chi connectivity index (χ0v) is 9.23. The van der Waals surface area contributed by atoms with Crippen LogP contribution in [0, 0.1) is 25.6 Å². The molecule has 1 aromatic rings. The van der Waals surface area contributed by atoms with E-state index in [4.69, 9.17) is 10.6 Å². The lowest BCUT2D eigenvalue weighted by molar-refractivity contribution is -0.422. The van der Waals surface area contributed by atoms with E-state index in [-0.39, 0.29) is 5.56 Å². The van der Waals surface area contributed by atoms with E-state index in [0.717, 1.165) is 12.3 Å². The molecule has 0 aliphatic heterocycles. The van der Waals surface area contributed by atoms with E-state index in [1.54, 1.807) is 0 Å². The van der Waals surface area contributed by atoms with Gasteiger partial charge in [-0.15, -0.1) is 0 Å². The van der Waals surface area contributed by atoms with Crippen molar-refractivity contribution in [1.29, 1.82) is 5.41 Å². The van der Waals surface area contributed by atoms with Crippen molar-refractivity contribution in [3.05, 3.63) is 44.0 Å². The van der Waals surface area contributed by atoms with Crippen molar-refractivity contribution < 1.29 is 15.1 Å². The van der Waals surface area contributed by atoms with Crippen LogP contribution in [0.3, 0.4) is 0 Å². The monoisotopic (exact) mass is 268 g/mol. The number of hydrazone groups is 1. The molecule has 4 N–H and O–H groups in total. The van der Waals surface area contributed by atoms with E-state index in [9.17, 15) is 20.2 Å². The van der Waals surface area contributed by atoms with E-state index in [2.05, 4.69) is 5.10 Å². The fourth-order valence-corrected chi connectivity index (χ4v) is 1.19. The van der Waals surface area contributed by atoms with Gasteiger partial charge in [-0.2, -0.15) is 5.10 Å². The summed E-state index contributed by atoms with van der Waals surface area (Å²) in [6, 6.07) is 3.52. The molecule has 0 saturated carbocycles. The number of para-hydroxylation sites is 1. The lowest BCUT2D eigenvalue weighted by Gasteiger charge is -2.00. The smallest absolute Gasteiger partial charge is 0.288 e. The topological polar surface area (TPSA) is 167 Å². The summed E-state index contributed by atoms with van der Waals surface area (Å²) >= 11 is 0. The predicted octanol–water partition coefficient (Wildman–Crippen LogP) is 0.340. The SMILES string of the molecule is N=C(NO)NN=Cc1cccc([N+](=O)[O-])c1[N+](=O)[O-]. The van der Waals surface area contributed by atoms with Crippen molar-refractivity contribution in [3.63, 3.8) is 0 Å². The lowest BCUT2D eigenvalue weighted by atomic mass is 10.1. The minimum absolute atomic E-state index is 0.113. The van der Waals surface area contributed by atoms with E-state index in [1.807, 2.05) is 5.43 Å². The molecule has 0 aliphatic carbocycles. The Kier molecular flexibility index (Phi) is 4.43. The first-order valence-electron chi connectivity index (χ1n) is 4.67. The summed E-state index contributed by atoms with van der Waals surface area (Å²) in [5.74, 6) is -0.565. The highest BCUT2D eigenvalue weighted by Gasteiger charge is 2.27. The molecule has 1 rings (SSSR count). The Morgan fingerprint density at radius 3 is 2.58 bits per heavy atom. The maximum absolute atomic E-state index is 10.8. The molecule has 0 radical (unpaired) electrons. The van der Waals surface area contributed by atoms with Crippen LogP contribution in [-0.4, -0.2) is 27.2 Å². The number of nitrogens with zero attached hydrogens (tertiary/aromatic N) is 3. The summed E-state index contributed by atoms with van der Waals surface area (Å²) in [4.78, 5) is 19.7. The van der Waals surface area contributed by atoms with Gasteiger partial charge in [-0.3, -0.25) is 30.8 Å². The van der Waals surface area contributed by atoms with Gasteiger partial charge in [0.1, 0.15) is 0 Å². The molecular formula is C8H8N6O5. The van der Waals surface area contributed by atoms with Crippen LogP contribution in [0.2, 0.25) is 0 Å². The van der Waals surface area contributed by atoms with Crippen LogP contribution in [0.4, 0.5) is 11.4 Å². The Labute approximate surface area is 105 Å². The Hall–Kier alpha value is -3.08. The number of hydrogen-bond donors (Lipinski definition) is 4. The molecule has 1 aromatic carbocycles. The first-order valence-corrected chi connectivity index (χ1v) is 4.67. The van der Waals surface area contributed by atoms with Crippen molar-refractivity contribution in [2.75, 3.05) is 0 Å². The molecule has 0 aromatic heterocycles. The molecule has 0 spiro atoms. The first kappa shape index (κ1) is 14.0. The second-order valence-corrected chi connectivity index (χ2v) is 3.09. The number of nitro groups is 2. The van der Waals surface area contributed by atoms with Crippen molar-refractivity contribution in [1.82, 2.24) is 10.9 Å². The van der Waals surface area contributed by atoms with Crippen LogP contribution in [0.15, 0.2) is 23.3 Å². The highest BCUT2D eigenvalue weighted by molar-refractivity contribution is 5.89. The average Bonchev–Trinajstić information content (AvgIpc) is 2.37. The van der Waals surface area contributed by atoms with Crippen molar-refractivity contribution >= 4 is 23.5 Å². The summed E-state index contributed by atoms with van der Waals surface area (Å²) in [5, 5.41) is 40.1. The van der Waals surface area contributed by atoms with Crippen molar-refractivity contribution in [2.24, 2.45) is 5.10 Å². The Balaban J connectivity index is 3.14. The normalized spacial score (nSPS) is 10.2. The Bertz CT molecular complexity index is 557. The molecule has 0 bridgehead atoms. The van der Waals surface area contributed by atoms with Gasteiger partial charge >= 0.3 is 11.4 Å². The number of rotatable bonds is 4. The van der Waals surface area contributed by atoms with E-state index in [0.29, 0.717) is 0 Å². The van der Waals surface area contributed by atoms with Gasteiger partial charge < -0.3 is 0 Å². The molecule has 0 amide bonds. The minimum Gasteiger partial charge on any atom is -0.288 e. The minimum atomic E-state index is -0.894. The van der Waals surface area contributed by atoms with E-state index >= 15 is 0 Å². The summed E-state index contributed by atoms with van der Waals surface area (Å²) in [6.07, 6.45) is 0.928. The zero-order chi connectivity index (χ0) is 14.4. The molecule has 0 aliphatic rings. The highest BCUT2D eigenvalue weighted by atomic mass is 16.6. The number of nitro benzene ring substituents is 2. The molecule has 100 valence electrons. The van der Waals surface area contributed by atoms with Gasteiger partial charge in [-0.05, 0) is 6.07 Å². The van der Waals surface area contributed by atoms with E-state index in [1.165, 1.54) is 17.6 Å². The van der Waals surface area contributed by atoms with Crippen LogP contribution in [0.5, 0.6) is 0 Å². The summed E-state index contributed by atoms with van der Waals surface area (Å²) in [6.45, 7) is 0. The van der Waals surface area contributed by atoms with Crippen LogP contribution in [0.25, 0.3) is 0 Å². The maximum Gasteiger partial charge on any atom is 0.354 e. The molecular weight excluding hydrogens is 260 g/mol. The molecule has 0 heterocycles. The fourth-order valence-electron chi connectivity index (χ4n) is 1.19. The molecule has 11 nitrogen and oxygen atoms in total. The van der Waals surface area contributed by atoms with Gasteiger partial charge in [0.05, 0.1) is 21.6 Å². The number of nitrogens with one attached hydrogen (secondary N) is 3. The van der Waals surface area contributed by atoms with Gasteiger partial charge in [0, 0.05) is 6.07 Å². The molecule has 19 heavy (non-hydrogen) atoms. The molecule has 0 saturated heterocycles. The summed E-state index contributed by atoms with van der Waals surface area (Å²) in [5.41, 5.74) is 1.95. The largest absolute Gasteiger partial charge is 0.354 e. The predicted molar refractivity (Wildman–Crippen MR) is 63.1 cm³/mol. The third-order valence-electron chi connectivity index (χ3n) is 1.92. The van der Waals surface area contributed by atoms with Gasteiger partial charge in [0.25, 0.3) is 0 Å².